The molecule has 1 heterocycles. The highest BCUT2D eigenvalue weighted by molar-refractivity contribution is 7.14. The average Bonchev–Trinajstić information content (AvgIpc) is 3.21. The SMILES string of the molecule is CC(=O)Nc1nc(-c2ccc(CCC(=O)CNC(OC(N)=O)(OC(=O)NC(C)(C)C)C(C)(C)C)cc2)cs1. The molecule has 1 unspecified atom stereocenters. The van der Waals surface area contributed by atoms with Crippen LogP contribution in [0.15, 0.2) is 29.6 Å². The Morgan fingerprint density at radius 2 is 1.63 bits per heavy atom. The zero-order valence-corrected chi connectivity index (χ0v) is 23.7. The van der Waals surface area contributed by atoms with Gasteiger partial charge in [-0.1, -0.05) is 45.0 Å². The summed E-state index contributed by atoms with van der Waals surface area (Å²) in [6.45, 7) is 11.6. The minimum atomic E-state index is -1.98. The number of alkyl carbamates (subject to hydrolysis) is 1. The summed E-state index contributed by atoms with van der Waals surface area (Å²) in [5.41, 5.74) is 6.27. The summed E-state index contributed by atoms with van der Waals surface area (Å²) >= 11 is 1.34. The van der Waals surface area contributed by atoms with Crippen molar-refractivity contribution in [2.24, 2.45) is 11.1 Å². The van der Waals surface area contributed by atoms with Crippen molar-refractivity contribution in [2.45, 2.75) is 72.8 Å². The minimum absolute atomic E-state index is 0.180. The second-order valence-electron chi connectivity index (χ2n) is 10.9. The van der Waals surface area contributed by atoms with Crippen molar-refractivity contribution in [3.8, 4) is 11.3 Å². The highest BCUT2D eigenvalue weighted by Crippen LogP contribution is 2.33. The maximum atomic E-state index is 12.7. The molecule has 2 rings (SSSR count). The van der Waals surface area contributed by atoms with Crippen molar-refractivity contribution in [1.82, 2.24) is 15.6 Å². The standard InChI is InChI=1S/C26H37N5O6S/c1-16(32)29-22-30-20(15-38-22)18-11-8-17(9-12-18)10-13-19(33)14-28-26(24(2,3)4,36-21(27)34)37-23(35)31-25(5,6)7/h8-9,11-12,15,28H,10,13-14H2,1-7H3,(H2,27,34)(H,31,35)(H,29,30,32). The number of nitrogens with one attached hydrogen (secondary N) is 3. The van der Waals surface area contributed by atoms with Crippen LogP contribution in [-0.4, -0.2) is 46.9 Å². The summed E-state index contributed by atoms with van der Waals surface area (Å²) < 4.78 is 10.8. The third kappa shape index (κ3) is 9.42. The second-order valence-corrected chi connectivity index (χ2v) is 11.7. The number of ether oxygens (including phenoxy) is 2. The maximum absolute atomic E-state index is 12.7. The van der Waals surface area contributed by atoms with Gasteiger partial charge < -0.3 is 25.8 Å². The number of thiazole rings is 1. The number of amides is 3. The van der Waals surface area contributed by atoms with Crippen LogP contribution in [0.4, 0.5) is 14.7 Å². The van der Waals surface area contributed by atoms with Gasteiger partial charge in [-0.15, -0.1) is 11.3 Å². The molecule has 5 N–H and O–H groups in total. The molecular weight excluding hydrogens is 510 g/mol. The summed E-state index contributed by atoms with van der Waals surface area (Å²) in [5.74, 6) is -2.34. The molecule has 1 aromatic carbocycles. The molecule has 3 amide bonds. The molecule has 208 valence electrons. The number of nitrogens with zero attached hydrogens (tertiary/aromatic N) is 1. The Kier molecular flexibility index (Phi) is 9.99. The number of Topliss-reactive ketones (excluding diaryl/α,β-unsaturated/α-hetero) is 1. The quantitative estimate of drug-likeness (QED) is 0.322. The van der Waals surface area contributed by atoms with E-state index in [9.17, 15) is 19.2 Å². The van der Waals surface area contributed by atoms with E-state index in [0.717, 1.165) is 16.8 Å². The fourth-order valence-electron chi connectivity index (χ4n) is 3.31. The van der Waals surface area contributed by atoms with Crippen LogP contribution in [0.25, 0.3) is 11.3 Å². The third-order valence-corrected chi connectivity index (χ3v) is 5.95. The van der Waals surface area contributed by atoms with Gasteiger partial charge in [-0.3, -0.25) is 9.59 Å². The molecular formula is C26H37N5O6S. The van der Waals surface area contributed by atoms with Gasteiger partial charge in [-0.2, -0.15) is 0 Å². The Bertz CT molecular complexity index is 1150. The van der Waals surface area contributed by atoms with E-state index in [0.29, 0.717) is 11.6 Å². The van der Waals surface area contributed by atoms with E-state index in [1.807, 2.05) is 29.6 Å². The van der Waals surface area contributed by atoms with Crippen molar-refractivity contribution < 1.29 is 28.7 Å². The van der Waals surface area contributed by atoms with E-state index in [1.165, 1.54) is 18.3 Å². The molecule has 0 bridgehead atoms. The number of aromatic nitrogens is 1. The van der Waals surface area contributed by atoms with Crippen LogP contribution < -0.4 is 21.7 Å². The Balaban J connectivity index is 2.03. The van der Waals surface area contributed by atoms with Gasteiger partial charge in [0.1, 0.15) is 5.78 Å². The molecule has 0 fully saturated rings. The fraction of sp³-hybridized carbons (Fsp3) is 0.500. The lowest BCUT2D eigenvalue weighted by Gasteiger charge is -2.42. The summed E-state index contributed by atoms with van der Waals surface area (Å²) in [4.78, 5) is 52.5. The number of carbonyl (C=O) groups excluding carboxylic acids is 4. The van der Waals surface area contributed by atoms with Gasteiger partial charge in [0.15, 0.2) is 5.13 Å². The van der Waals surface area contributed by atoms with Crippen molar-refractivity contribution in [2.75, 3.05) is 11.9 Å². The van der Waals surface area contributed by atoms with Crippen LogP contribution in [0.2, 0.25) is 0 Å². The van der Waals surface area contributed by atoms with Crippen LogP contribution >= 0.6 is 11.3 Å². The molecule has 0 radical (unpaired) electrons. The van der Waals surface area contributed by atoms with Gasteiger partial charge >= 0.3 is 18.1 Å². The van der Waals surface area contributed by atoms with Gasteiger partial charge in [0.05, 0.1) is 17.7 Å². The smallest absolute Gasteiger partial charge is 0.392 e. The van der Waals surface area contributed by atoms with E-state index in [4.69, 9.17) is 15.2 Å². The number of rotatable bonds is 10. The van der Waals surface area contributed by atoms with Gasteiger partial charge in [-0.05, 0) is 32.8 Å². The van der Waals surface area contributed by atoms with Crippen molar-refractivity contribution in [3.05, 3.63) is 35.2 Å². The van der Waals surface area contributed by atoms with E-state index in [1.54, 1.807) is 41.5 Å². The van der Waals surface area contributed by atoms with E-state index < -0.39 is 29.1 Å². The first-order chi connectivity index (χ1) is 17.5. The number of carbonyl (C=O) groups is 4. The van der Waals surface area contributed by atoms with Crippen LogP contribution in [0.1, 0.15) is 60.5 Å². The molecule has 11 nitrogen and oxygen atoms in total. The first-order valence-corrected chi connectivity index (χ1v) is 13.0. The topological polar surface area (TPSA) is 162 Å². The predicted octanol–water partition coefficient (Wildman–Crippen LogP) is 4.18. The number of primary amides is 1. The molecule has 0 aliphatic rings. The molecule has 0 saturated heterocycles. The maximum Gasteiger partial charge on any atom is 0.411 e. The van der Waals surface area contributed by atoms with Crippen molar-refractivity contribution >= 4 is 40.3 Å². The van der Waals surface area contributed by atoms with Gasteiger partial charge in [0.25, 0.3) is 0 Å². The predicted molar refractivity (Wildman–Crippen MR) is 145 cm³/mol. The molecule has 12 heteroatoms. The lowest BCUT2D eigenvalue weighted by atomic mass is 9.90. The first-order valence-electron chi connectivity index (χ1n) is 12.1. The molecule has 0 spiro atoms. The first kappa shape index (κ1) is 30.7. The Labute approximate surface area is 226 Å². The van der Waals surface area contributed by atoms with Gasteiger partial charge in [0, 0.05) is 29.8 Å². The Morgan fingerprint density at radius 1 is 1.00 bits per heavy atom. The second kappa shape index (κ2) is 12.4. The fourth-order valence-corrected chi connectivity index (χ4v) is 4.08. The number of anilines is 1. The Hall–Kier alpha value is -3.51. The van der Waals surface area contributed by atoms with E-state index in [2.05, 4.69) is 20.9 Å². The molecule has 1 atom stereocenters. The van der Waals surface area contributed by atoms with Crippen LogP contribution in [0.3, 0.4) is 0 Å². The van der Waals surface area contributed by atoms with Crippen molar-refractivity contribution in [3.63, 3.8) is 0 Å². The summed E-state index contributed by atoms with van der Waals surface area (Å²) in [6, 6.07) is 7.61. The lowest BCUT2D eigenvalue weighted by molar-refractivity contribution is -0.243. The molecule has 38 heavy (non-hydrogen) atoms. The zero-order valence-electron chi connectivity index (χ0n) is 22.9. The molecule has 2 aromatic rings. The molecule has 0 aliphatic carbocycles. The van der Waals surface area contributed by atoms with Crippen LogP contribution in [-0.2, 0) is 25.5 Å². The monoisotopic (exact) mass is 547 g/mol. The number of ketones is 1. The lowest BCUT2D eigenvalue weighted by Crippen LogP contribution is -2.63. The van der Waals surface area contributed by atoms with Crippen LogP contribution in [0, 0.1) is 5.41 Å². The summed E-state index contributed by atoms with van der Waals surface area (Å²) in [6.07, 6.45) is -1.33. The summed E-state index contributed by atoms with van der Waals surface area (Å²) in [5, 5.41) is 10.5. The number of benzene rings is 1. The average molecular weight is 548 g/mol. The highest BCUT2D eigenvalue weighted by Gasteiger charge is 2.50. The van der Waals surface area contributed by atoms with Gasteiger partial charge in [0.2, 0.25) is 5.91 Å². The number of nitrogens with two attached hydrogens (primary N) is 1. The number of hydrogen-bond acceptors (Lipinski definition) is 9. The molecule has 0 aliphatic heterocycles. The third-order valence-electron chi connectivity index (χ3n) is 5.19. The van der Waals surface area contributed by atoms with Crippen molar-refractivity contribution in [1.29, 1.82) is 0 Å². The number of aryl methyl sites for hydroxylation is 1. The van der Waals surface area contributed by atoms with E-state index in [-0.39, 0.29) is 24.7 Å². The van der Waals surface area contributed by atoms with Gasteiger partial charge in [-0.25, -0.2) is 19.9 Å². The van der Waals surface area contributed by atoms with E-state index >= 15 is 0 Å². The minimum Gasteiger partial charge on any atom is -0.392 e. The zero-order chi connectivity index (χ0) is 28.7. The largest absolute Gasteiger partial charge is 0.411 e. The highest BCUT2D eigenvalue weighted by atomic mass is 32.1. The number of hydrogen-bond donors (Lipinski definition) is 4. The summed E-state index contributed by atoms with van der Waals surface area (Å²) in [7, 11) is 0. The van der Waals surface area contributed by atoms with Crippen LogP contribution in [0.5, 0.6) is 0 Å². The molecule has 1 aromatic heterocycles. The normalized spacial score (nSPS) is 13.2. The molecule has 0 saturated carbocycles. The Morgan fingerprint density at radius 3 is 2.16 bits per heavy atom.